The van der Waals surface area contributed by atoms with Crippen molar-refractivity contribution < 1.29 is 4.74 Å². The monoisotopic (exact) mass is 251 g/mol. The van der Waals surface area contributed by atoms with Crippen LogP contribution in [0.2, 0.25) is 0 Å². The first-order valence-corrected chi connectivity index (χ1v) is 5.62. The zero-order valence-electron chi connectivity index (χ0n) is 10.1. The van der Waals surface area contributed by atoms with Crippen LogP contribution < -0.4 is 4.74 Å². The maximum absolute atomic E-state index is 8.75. The van der Waals surface area contributed by atoms with Gasteiger partial charge in [-0.15, -0.1) is 0 Å². The second kappa shape index (κ2) is 4.38. The molecule has 0 atom stereocenters. The minimum Gasteiger partial charge on any atom is -0.439 e. The molecular weight excluding hydrogens is 242 g/mol. The molecule has 0 fully saturated rings. The summed E-state index contributed by atoms with van der Waals surface area (Å²) in [5, 5.41) is 12.8. The number of rotatable bonds is 2. The van der Waals surface area contributed by atoms with Crippen molar-refractivity contribution >= 4 is 5.78 Å². The molecule has 0 N–H and O–H groups in total. The Bertz CT molecular complexity index is 770. The summed E-state index contributed by atoms with van der Waals surface area (Å²) < 4.78 is 7.26. The molecule has 0 aliphatic carbocycles. The molecule has 6 heteroatoms. The summed E-state index contributed by atoms with van der Waals surface area (Å²) in [5.74, 6) is 1.65. The lowest BCUT2D eigenvalue weighted by molar-refractivity contribution is 0.445. The largest absolute Gasteiger partial charge is 0.439 e. The van der Waals surface area contributed by atoms with Crippen LogP contribution >= 0.6 is 0 Å². The van der Waals surface area contributed by atoms with Gasteiger partial charge in [0.1, 0.15) is 12.1 Å². The van der Waals surface area contributed by atoms with Gasteiger partial charge in [0.15, 0.2) is 0 Å². The normalized spacial score (nSPS) is 10.3. The molecule has 92 valence electrons. The summed E-state index contributed by atoms with van der Waals surface area (Å²) in [4.78, 5) is 8.26. The second-order valence-electron chi connectivity index (χ2n) is 3.95. The van der Waals surface area contributed by atoms with Crippen molar-refractivity contribution in [3.8, 4) is 17.7 Å². The first-order chi connectivity index (χ1) is 9.26. The lowest BCUT2D eigenvalue weighted by atomic mass is 10.2. The van der Waals surface area contributed by atoms with E-state index in [1.165, 1.54) is 10.8 Å². The van der Waals surface area contributed by atoms with E-state index in [9.17, 15) is 0 Å². The highest BCUT2D eigenvalue weighted by Crippen LogP contribution is 2.22. The Kier molecular flexibility index (Phi) is 2.58. The number of nitrogens with zero attached hydrogens (tertiary/aromatic N) is 5. The highest BCUT2D eigenvalue weighted by Gasteiger charge is 2.07. The number of benzene rings is 1. The zero-order chi connectivity index (χ0) is 13.2. The van der Waals surface area contributed by atoms with Crippen molar-refractivity contribution in [2.24, 2.45) is 0 Å². The van der Waals surface area contributed by atoms with Gasteiger partial charge in [0.05, 0.1) is 11.6 Å². The van der Waals surface area contributed by atoms with E-state index in [1.807, 2.05) is 6.92 Å². The molecule has 3 aromatic rings. The van der Waals surface area contributed by atoms with Gasteiger partial charge in [0, 0.05) is 11.8 Å². The molecule has 6 nitrogen and oxygen atoms in total. The number of hydrogen-bond acceptors (Lipinski definition) is 5. The fourth-order valence-electron chi connectivity index (χ4n) is 1.69. The smallest absolute Gasteiger partial charge is 0.255 e. The van der Waals surface area contributed by atoms with Crippen LogP contribution in [0, 0.1) is 18.3 Å². The number of ether oxygens (including phenoxy) is 1. The van der Waals surface area contributed by atoms with E-state index in [2.05, 4.69) is 21.1 Å². The van der Waals surface area contributed by atoms with Crippen LogP contribution in [0.5, 0.6) is 11.6 Å². The SMILES string of the molecule is Cc1cc(Oc2ccc(C#N)cc2)n2ncnc2n1. The van der Waals surface area contributed by atoms with Gasteiger partial charge < -0.3 is 4.74 Å². The molecule has 0 bridgehead atoms. The van der Waals surface area contributed by atoms with Gasteiger partial charge in [0.25, 0.3) is 5.78 Å². The lowest BCUT2D eigenvalue weighted by Crippen LogP contribution is -1.99. The third-order valence-corrected chi connectivity index (χ3v) is 2.55. The Morgan fingerprint density at radius 3 is 2.79 bits per heavy atom. The molecule has 0 saturated heterocycles. The third-order valence-electron chi connectivity index (χ3n) is 2.55. The van der Waals surface area contributed by atoms with Crippen LogP contribution in [0.4, 0.5) is 0 Å². The first kappa shape index (κ1) is 11.2. The van der Waals surface area contributed by atoms with Crippen molar-refractivity contribution in [1.82, 2.24) is 19.6 Å². The van der Waals surface area contributed by atoms with Gasteiger partial charge in [0.2, 0.25) is 5.88 Å². The Balaban J connectivity index is 2.00. The molecule has 19 heavy (non-hydrogen) atoms. The van der Waals surface area contributed by atoms with Crippen molar-refractivity contribution in [2.45, 2.75) is 6.92 Å². The minimum atomic E-state index is 0.489. The predicted octanol–water partition coefficient (Wildman–Crippen LogP) is 2.10. The summed E-state index contributed by atoms with van der Waals surface area (Å²) in [7, 11) is 0. The number of nitriles is 1. The quantitative estimate of drug-likeness (QED) is 0.697. The van der Waals surface area contributed by atoms with Crippen LogP contribution in [0.15, 0.2) is 36.7 Å². The standard InChI is InChI=1S/C13H9N5O/c1-9-6-12(18-13(17-9)15-8-16-18)19-11-4-2-10(7-14)3-5-11/h2-6,8H,1H3. The number of fused-ring (bicyclic) bond motifs is 1. The first-order valence-electron chi connectivity index (χ1n) is 5.62. The maximum Gasteiger partial charge on any atom is 0.255 e. The highest BCUT2D eigenvalue weighted by atomic mass is 16.5. The molecule has 0 spiro atoms. The van der Waals surface area contributed by atoms with Crippen molar-refractivity contribution in [3.05, 3.63) is 47.9 Å². The van der Waals surface area contributed by atoms with E-state index in [0.717, 1.165) is 5.69 Å². The Morgan fingerprint density at radius 2 is 2.05 bits per heavy atom. The van der Waals surface area contributed by atoms with E-state index in [1.54, 1.807) is 30.3 Å². The summed E-state index contributed by atoms with van der Waals surface area (Å²) in [6, 6.07) is 10.7. The summed E-state index contributed by atoms with van der Waals surface area (Å²) >= 11 is 0. The van der Waals surface area contributed by atoms with Crippen LogP contribution in [0.1, 0.15) is 11.3 Å². The highest BCUT2D eigenvalue weighted by molar-refractivity contribution is 5.38. The number of aryl methyl sites for hydroxylation is 1. The summed E-state index contributed by atoms with van der Waals surface area (Å²) in [6.07, 6.45) is 1.42. The van der Waals surface area contributed by atoms with Gasteiger partial charge in [-0.2, -0.15) is 19.9 Å². The van der Waals surface area contributed by atoms with E-state index >= 15 is 0 Å². The molecule has 0 aliphatic rings. The van der Waals surface area contributed by atoms with Gasteiger partial charge >= 0.3 is 0 Å². The van der Waals surface area contributed by atoms with Crippen molar-refractivity contribution in [3.63, 3.8) is 0 Å². The molecule has 0 aliphatic heterocycles. The molecule has 0 unspecified atom stereocenters. The molecule has 0 amide bonds. The van der Waals surface area contributed by atoms with E-state index < -0.39 is 0 Å². The maximum atomic E-state index is 8.75. The minimum absolute atomic E-state index is 0.489. The van der Waals surface area contributed by atoms with Crippen LogP contribution in [0.3, 0.4) is 0 Å². The van der Waals surface area contributed by atoms with Gasteiger partial charge in [-0.25, -0.2) is 4.98 Å². The average Bonchev–Trinajstić information content (AvgIpc) is 2.88. The van der Waals surface area contributed by atoms with E-state index in [0.29, 0.717) is 23.0 Å². The molecular formula is C13H9N5O. The predicted molar refractivity (Wildman–Crippen MR) is 66.8 cm³/mol. The van der Waals surface area contributed by atoms with Gasteiger partial charge in [-0.3, -0.25) is 0 Å². The van der Waals surface area contributed by atoms with Crippen molar-refractivity contribution in [2.75, 3.05) is 0 Å². The Morgan fingerprint density at radius 1 is 1.26 bits per heavy atom. The molecule has 1 aromatic carbocycles. The topological polar surface area (TPSA) is 76.1 Å². The lowest BCUT2D eigenvalue weighted by Gasteiger charge is -2.07. The second-order valence-corrected chi connectivity index (χ2v) is 3.95. The Labute approximate surface area is 108 Å². The molecule has 0 saturated carbocycles. The summed E-state index contributed by atoms with van der Waals surface area (Å²) in [5.41, 5.74) is 1.38. The fraction of sp³-hybridized carbons (Fsp3) is 0.0769. The third kappa shape index (κ3) is 2.09. The van der Waals surface area contributed by atoms with Crippen LogP contribution in [-0.2, 0) is 0 Å². The molecule has 2 heterocycles. The summed E-state index contributed by atoms with van der Waals surface area (Å²) in [6.45, 7) is 1.86. The van der Waals surface area contributed by atoms with Gasteiger partial charge in [-0.05, 0) is 31.2 Å². The number of hydrogen-bond donors (Lipinski definition) is 0. The Hall–Kier alpha value is -2.94. The van der Waals surface area contributed by atoms with Crippen LogP contribution in [0.25, 0.3) is 5.78 Å². The molecule has 3 rings (SSSR count). The van der Waals surface area contributed by atoms with E-state index in [-0.39, 0.29) is 0 Å². The van der Waals surface area contributed by atoms with E-state index in [4.69, 9.17) is 10.00 Å². The van der Waals surface area contributed by atoms with Crippen molar-refractivity contribution in [1.29, 1.82) is 5.26 Å². The van der Waals surface area contributed by atoms with Gasteiger partial charge in [-0.1, -0.05) is 0 Å². The zero-order valence-corrected chi connectivity index (χ0v) is 10.1. The van der Waals surface area contributed by atoms with Crippen LogP contribution in [-0.4, -0.2) is 19.6 Å². The molecule has 2 aromatic heterocycles. The average molecular weight is 251 g/mol. The number of aromatic nitrogens is 4. The fourth-order valence-corrected chi connectivity index (χ4v) is 1.69. The molecule has 0 radical (unpaired) electrons.